The average molecular weight is 408 g/mol. The fourth-order valence-electron chi connectivity index (χ4n) is 2.55. The predicted octanol–water partition coefficient (Wildman–Crippen LogP) is 2.30. The number of hydrogen-bond donors (Lipinski definition) is 1. The second kappa shape index (κ2) is 9.45. The van der Waals surface area contributed by atoms with Crippen LogP contribution in [0.4, 0.5) is 4.39 Å². The summed E-state index contributed by atoms with van der Waals surface area (Å²) in [7, 11) is 1.48. The highest BCUT2D eigenvalue weighted by Crippen LogP contribution is 2.24. The highest BCUT2D eigenvalue weighted by Gasteiger charge is 2.17. The fraction of sp³-hybridized carbons (Fsp3) is 0.143. The summed E-state index contributed by atoms with van der Waals surface area (Å²) < 4.78 is 25.0. The summed E-state index contributed by atoms with van der Waals surface area (Å²) in [5.41, 5.74) is -0.624. The van der Waals surface area contributed by atoms with Crippen LogP contribution in [-0.4, -0.2) is 35.6 Å². The van der Waals surface area contributed by atoms with E-state index < -0.39 is 17.3 Å². The molecule has 30 heavy (non-hydrogen) atoms. The van der Waals surface area contributed by atoms with Gasteiger partial charge in [0.2, 0.25) is 5.88 Å². The van der Waals surface area contributed by atoms with Gasteiger partial charge >= 0.3 is 0 Å². The smallest absolute Gasteiger partial charge is 0.269 e. The van der Waals surface area contributed by atoms with Crippen molar-refractivity contribution in [1.29, 1.82) is 5.26 Å². The first kappa shape index (κ1) is 20.7. The molecule has 3 rings (SSSR count). The highest BCUT2D eigenvalue weighted by atomic mass is 19.1. The third-order valence-electron chi connectivity index (χ3n) is 4.01. The Morgan fingerprint density at radius 2 is 2.07 bits per heavy atom. The van der Waals surface area contributed by atoms with Crippen LogP contribution in [0.3, 0.4) is 0 Å². The van der Waals surface area contributed by atoms with Crippen molar-refractivity contribution in [1.82, 2.24) is 14.7 Å². The van der Waals surface area contributed by atoms with Gasteiger partial charge in [-0.25, -0.2) is 4.39 Å². The van der Waals surface area contributed by atoms with Crippen LogP contribution in [0.25, 0.3) is 11.7 Å². The van der Waals surface area contributed by atoms with Crippen LogP contribution in [0.5, 0.6) is 11.6 Å². The molecule has 0 radical (unpaired) electrons. The van der Waals surface area contributed by atoms with Crippen molar-refractivity contribution in [3.05, 3.63) is 76.0 Å². The van der Waals surface area contributed by atoms with Crippen molar-refractivity contribution in [3.8, 4) is 17.7 Å². The van der Waals surface area contributed by atoms with Gasteiger partial charge in [0.05, 0.1) is 6.61 Å². The molecule has 9 heteroatoms. The number of carbonyl (C=O) groups is 1. The van der Waals surface area contributed by atoms with Crippen molar-refractivity contribution in [2.45, 2.75) is 0 Å². The van der Waals surface area contributed by atoms with Crippen LogP contribution in [-0.2, 0) is 9.53 Å². The van der Waals surface area contributed by atoms with E-state index in [-0.39, 0.29) is 35.9 Å². The van der Waals surface area contributed by atoms with E-state index >= 15 is 0 Å². The Balaban J connectivity index is 2.09. The zero-order valence-corrected chi connectivity index (χ0v) is 16.0. The summed E-state index contributed by atoms with van der Waals surface area (Å²) in [5, 5.41) is 11.9. The predicted molar refractivity (Wildman–Crippen MR) is 106 cm³/mol. The summed E-state index contributed by atoms with van der Waals surface area (Å²) in [5.74, 6) is -0.995. The largest absolute Gasteiger partial charge is 0.438 e. The lowest BCUT2D eigenvalue weighted by Crippen LogP contribution is -2.28. The lowest BCUT2D eigenvalue weighted by atomic mass is 10.1. The molecule has 0 fully saturated rings. The van der Waals surface area contributed by atoms with Gasteiger partial charge in [0, 0.05) is 19.9 Å². The lowest BCUT2D eigenvalue weighted by molar-refractivity contribution is -0.117. The fourth-order valence-corrected chi connectivity index (χ4v) is 2.55. The van der Waals surface area contributed by atoms with Crippen molar-refractivity contribution < 1.29 is 18.7 Å². The Labute approximate surface area is 170 Å². The van der Waals surface area contributed by atoms with Crippen LogP contribution in [0.15, 0.2) is 59.0 Å². The number of pyridine rings is 1. The normalized spacial score (nSPS) is 11.2. The molecule has 1 amide bonds. The van der Waals surface area contributed by atoms with Crippen molar-refractivity contribution in [2.75, 3.05) is 20.3 Å². The first-order valence-electron chi connectivity index (χ1n) is 8.87. The number of hydrogen-bond acceptors (Lipinski definition) is 6. The topological polar surface area (TPSA) is 106 Å². The molecule has 8 nitrogen and oxygen atoms in total. The summed E-state index contributed by atoms with van der Waals surface area (Å²) in [6.45, 7) is 0.464. The van der Waals surface area contributed by atoms with Gasteiger partial charge < -0.3 is 14.8 Å². The Morgan fingerprint density at radius 1 is 1.30 bits per heavy atom. The maximum Gasteiger partial charge on any atom is 0.269 e. The monoisotopic (exact) mass is 408 g/mol. The van der Waals surface area contributed by atoms with Crippen LogP contribution in [0.1, 0.15) is 5.56 Å². The molecule has 2 heterocycles. The van der Waals surface area contributed by atoms with Crippen LogP contribution >= 0.6 is 0 Å². The first-order chi connectivity index (χ1) is 14.5. The zero-order chi connectivity index (χ0) is 21.5. The number of methoxy groups -OCH3 is 1. The second-order valence-electron chi connectivity index (χ2n) is 6.04. The molecule has 0 unspecified atom stereocenters. The Hall–Kier alpha value is -4.03. The number of fused-ring (bicyclic) bond motifs is 1. The maximum absolute atomic E-state index is 13.2. The third-order valence-corrected chi connectivity index (χ3v) is 4.01. The van der Waals surface area contributed by atoms with E-state index in [1.54, 1.807) is 24.3 Å². The second-order valence-corrected chi connectivity index (χ2v) is 6.04. The van der Waals surface area contributed by atoms with E-state index in [1.807, 2.05) is 0 Å². The number of nitriles is 1. The van der Waals surface area contributed by atoms with Crippen molar-refractivity contribution in [3.63, 3.8) is 0 Å². The number of amides is 1. The average Bonchev–Trinajstić information content (AvgIpc) is 2.75. The number of carbonyl (C=O) groups excluding carboxylic acids is 1. The Morgan fingerprint density at radius 3 is 2.77 bits per heavy atom. The first-order valence-corrected chi connectivity index (χ1v) is 8.87. The number of nitrogens with zero attached hydrogens (tertiary/aromatic N) is 3. The molecule has 3 aromatic rings. The molecule has 0 aliphatic carbocycles. The molecule has 152 valence electrons. The molecule has 0 saturated heterocycles. The minimum absolute atomic E-state index is 0.0959. The number of aromatic nitrogens is 2. The van der Waals surface area contributed by atoms with Gasteiger partial charge in [-0.15, -0.1) is 0 Å². The minimum Gasteiger partial charge on any atom is -0.438 e. The van der Waals surface area contributed by atoms with Gasteiger partial charge in [0.25, 0.3) is 11.5 Å². The van der Waals surface area contributed by atoms with Gasteiger partial charge in [0.1, 0.15) is 34.4 Å². The molecule has 0 bridgehead atoms. The third kappa shape index (κ3) is 4.68. The summed E-state index contributed by atoms with van der Waals surface area (Å²) in [6, 6.07) is 11.9. The number of rotatable bonds is 7. The SMILES string of the molecule is COCCNC(=O)/C(C#N)=C/c1c(Oc2ccc(F)cc2)nc2ccccn2c1=O. The Bertz CT molecular complexity index is 1200. The van der Waals surface area contributed by atoms with Gasteiger partial charge in [-0.3, -0.25) is 14.0 Å². The minimum atomic E-state index is -0.667. The lowest BCUT2D eigenvalue weighted by Gasteiger charge is -2.10. The Kier molecular flexibility index (Phi) is 6.52. The van der Waals surface area contributed by atoms with E-state index in [0.29, 0.717) is 5.65 Å². The molecule has 0 aliphatic heterocycles. The molecular formula is C21H17FN4O4. The van der Waals surface area contributed by atoms with Gasteiger partial charge in [0.15, 0.2) is 0 Å². The van der Waals surface area contributed by atoms with Gasteiger partial charge in [-0.1, -0.05) is 6.07 Å². The van der Waals surface area contributed by atoms with E-state index in [2.05, 4.69) is 10.3 Å². The maximum atomic E-state index is 13.2. The number of benzene rings is 1. The number of nitrogens with one attached hydrogen (secondary N) is 1. The molecule has 0 aliphatic rings. The van der Waals surface area contributed by atoms with Gasteiger partial charge in [-0.2, -0.15) is 10.2 Å². The molecule has 0 spiro atoms. The van der Waals surface area contributed by atoms with Crippen LogP contribution < -0.4 is 15.6 Å². The molecule has 1 N–H and O–H groups in total. The quantitative estimate of drug-likeness (QED) is 0.365. The van der Waals surface area contributed by atoms with E-state index in [9.17, 15) is 19.2 Å². The van der Waals surface area contributed by atoms with E-state index in [0.717, 1.165) is 6.08 Å². The molecular weight excluding hydrogens is 391 g/mol. The molecule has 1 aromatic carbocycles. The van der Waals surface area contributed by atoms with Crippen molar-refractivity contribution in [2.24, 2.45) is 0 Å². The summed E-state index contributed by atoms with van der Waals surface area (Å²) in [4.78, 5) is 29.6. The highest BCUT2D eigenvalue weighted by molar-refractivity contribution is 6.01. The van der Waals surface area contributed by atoms with Crippen molar-refractivity contribution >= 4 is 17.6 Å². The summed E-state index contributed by atoms with van der Waals surface area (Å²) >= 11 is 0. The number of ether oxygens (including phenoxy) is 2. The standard InChI is InChI=1S/C21H17FN4O4/c1-29-11-9-24-19(27)14(13-23)12-17-20(30-16-7-5-15(22)6-8-16)25-18-4-2-3-10-26(18)21(17)28/h2-8,10,12H,9,11H2,1H3,(H,24,27)/b14-12+. The zero-order valence-electron chi connectivity index (χ0n) is 16.0. The van der Waals surface area contributed by atoms with Crippen LogP contribution in [0, 0.1) is 17.1 Å². The summed E-state index contributed by atoms with van der Waals surface area (Å²) in [6.07, 6.45) is 2.63. The van der Waals surface area contributed by atoms with Gasteiger partial charge in [-0.05, 0) is 42.5 Å². The molecule has 0 atom stereocenters. The van der Waals surface area contributed by atoms with E-state index in [1.165, 1.54) is 42.0 Å². The molecule has 2 aromatic heterocycles. The van der Waals surface area contributed by atoms with Crippen LogP contribution in [0.2, 0.25) is 0 Å². The number of halogens is 1. The molecule has 0 saturated carbocycles. The van der Waals surface area contributed by atoms with E-state index in [4.69, 9.17) is 9.47 Å².